The number of Topliss-reactive ketones (excluding diaryl/α,β-unsaturated/α-hetero) is 1. The maximum absolute atomic E-state index is 11.7. The van der Waals surface area contributed by atoms with Crippen LogP contribution in [0.5, 0.6) is 0 Å². The highest BCUT2D eigenvalue weighted by molar-refractivity contribution is 7.90. The van der Waals surface area contributed by atoms with Crippen LogP contribution in [0.15, 0.2) is 30.3 Å². The fraction of sp³-hybridized carbons (Fsp3) is 0.417. The number of carbonyl (C=O) groups excluding carboxylic acids is 1. The molecular formula is C12H17NO3S. The zero-order valence-corrected chi connectivity index (χ0v) is 10.8. The summed E-state index contributed by atoms with van der Waals surface area (Å²) in [5.41, 5.74) is 0.419. The number of hydrogen-bond donors (Lipinski definition) is 1. The van der Waals surface area contributed by atoms with Gasteiger partial charge in [-0.1, -0.05) is 37.3 Å². The molecule has 17 heavy (non-hydrogen) atoms. The molecule has 1 aromatic carbocycles. The summed E-state index contributed by atoms with van der Waals surface area (Å²) in [6.07, 6.45) is 0.693. The van der Waals surface area contributed by atoms with Crippen molar-refractivity contribution in [3.05, 3.63) is 35.9 Å². The predicted octanol–water partition coefficient (Wildman–Crippen LogP) is 1.59. The summed E-state index contributed by atoms with van der Waals surface area (Å²) in [5.74, 6) is -0.886. The van der Waals surface area contributed by atoms with Crippen LogP contribution in [-0.4, -0.2) is 26.0 Å². The largest absolute Gasteiger partial charge is 0.293 e. The van der Waals surface area contributed by atoms with Crippen molar-refractivity contribution >= 4 is 15.8 Å². The van der Waals surface area contributed by atoms with E-state index in [1.165, 1.54) is 0 Å². The number of rotatable bonds is 6. The molecule has 0 heterocycles. The molecule has 0 saturated heterocycles. The molecular weight excluding hydrogens is 238 g/mol. The van der Waals surface area contributed by atoms with Crippen LogP contribution in [0.1, 0.15) is 30.6 Å². The molecule has 0 fully saturated rings. The second-order valence-electron chi connectivity index (χ2n) is 3.98. The van der Waals surface area contributed by atoms with Crippen LogP contribution in [0.4, 0.5) is 0 Å². The van der Waals surface area contributed by atoms with Crippen molar-refractivity contribution in [3.63, 3.8) is 0 Å². The minimum absolute atomic E-state index is 0.149. The van der Waals surface area contributed by atoms with Crippen LogP contribution < -0.4 is 4.72 Å². The van der Waals surface area contributed by atoms with E-state index in [9.17, 15) is 13.2 Å². The first-order valence-electron chi connectivity index (χ1n) is 5.53. The van der Waals surface area contributed by atoms with Crippen molar-refractivity contribution in [3.8, 4) is 0 Å². The van der Waals surface area contributed by atoms with Crippen molar-refractivity contribution in [2.75, 3.05) is 5.75 Å². The van der Waals surface area contributed by atoms with Crippen molar-refractivity contribution in [1.29, 1.82) is 0 Å². The van der Waals surface area contributed by atoms with Gasteiger partial charge in [-0.15, -0.1) is 0 Å². The molecule has 0 amide bonds. The first-order chi connectivity index (χ1) is 7.94. The van der Waals surface area contributed by atoms with E-state index >= 15 is 0 Å². The van der Waals surface area contributed by atoms with E-state index < -0.39 is 15.8 Å². The highest BCUT2D eigenvalue weighted by atomic mass is 32.2. The summed E-state index contributed by atoms with van der Waals surface area (Å²) in [4.78, 5) is 11.7. The van der Waals surface area contributed by atoms with Gasteiger partial charge in [0.2, 0.25) is 10.0 Å². The Bertz CT molecular complexity index is 468. The van der Waals surface area contributed by atoms with Crippen molar-refractivity contribution in [1.82, 2.24) is 4.72 Å². The van der Waals surface area contributed by atoms with Gasteiger partial charge in [0.25, 0.3) is 0 Å². The summed E-state index contributed by atoms with van der Waals surface area (Å²) in [7, 11) is -3.54. The predicted molar refractivity (Wildman–Crippen MR) is 67.4 cm³/mol. The van der Waals surface area contributed by atoms with Gasteiger partial charge in [-0.3, -0.25) is 4.79 Å². The van der Waals surface area contributed by atoms with Crippen LogP contribution >= 0.6 is 0 Å². The molecule has 0 aliphatic heterocycles. The van der Waals surface area contributed by atoms with Gasteiger partial charge in [0.1, 0.15) is 5.75 Å². The first kappa shape index (κ1) is 13.9. The SMILES string of the molecule is CCC(C)NS(=O)(=O)CC(=O)c1ccccc1. The third-order valence-electron chi connectivity index (χ3n) is 2.41. The van der Waals surface area contributed by atoms with Crippen LogP contribution in [0.3, 0.4) is 0 Å². The number of ketones is 1. The summed E-state index contributed by atoms with van der Waals surface area (Å²) in [6.45, 7) is 3.65. The summed E-state index contributed by atoms with van der Waals surface area (Å²) < 4.78 is 25.8. The number of sulfonamides is 1. The standard InChI is InChI=1S/C12H17NO3S/c1-3-10(2)13-17(15,16)9-12(14)11-7-5-4-6-8-11/h4-8,10,13H,3,9H2,1-2H3. The third kappa shape index (κ3) is 4.66. The minimum Gasteiger partial charge on any atom is -0.293 e. The molecule has 94 valence electrons. The van der Waals surface area contributed by atoms with Crippen molar-refractivity contribution in [2.24, 2.45) is 0 Å². The van der Waals surface area contributed by atoms with E-state index in [1.54, 1.807) is 37.3 Å². The Balaban J connectivity index is 2.69. The van der Waals surface area contributed by atoms with E-state index in [4.69, 9.17) is 0 Å². The van der Waals surface area contributed by atoms with Crippen LogP contribution in [0.25, 0.3) is 0 Å². The fourth-order valence-electron chi connectivity index (χ4n) is 1.31. The second kappa shape index (κ2) is 5.93. The molecule has 0 spiro atoms. The van der Waals surface area contributed by atoms with Crippen molar-refractivity contribution in [2.45, 2.75) is 26.3 Å². The van der Waals surface area contributed by atoms with Gasteiger partial charge in [-0.2, -0.15) is 0 Å². The lowest BCUT2D eigenvalue weighted by molar-refractivity contribution is 0.102. The number of benzene rings is 1. The maximum Gasteiger partial charge on any atom is 0.219 e. The highest BCUT2D eigenvalue weighted by Crippen LogP contribution is 2.03. The lowest BCUT2D eigenvalue weighted by Gasteiger charge is -2.11. The molecule has 5 heteroatoms. The zero-order valence-electron chi connectivity index (χ0n) is 10.0. The molecule has 1 unspecified atom stereocenters. The molecule has 0 aliphatic rings. The molecule has 1 aromatic rings. The maximum atomic E-state index is 11.7. The monoisotopic (exact) mass is 255 g/mol. The topological polar surface area (TPSA) is 63.2 Å². The number of hydrogen-bond acceptors (Lipinski definition) is 3. The second-order valence-corrected chi connectivity index (χ2v) is 5.73. The molecule has 1 atom stereocenters. The lowest BCUT2D eigenvalue weighted by atomic mass is 10.2. The Morgan fingerprint density at radius 2 is 1.88 bits per heavy atom. The Hall–Kier alpha value is -1.20. The Morgan fingerprint density at radius 1 is 1.29 bits per heavy atom. The molecule has 0 saturated carbocycles. The van der Waals surface area contributed by atoms with Gasteiger partial charge in [0.15, 0.2) is 5.78 Å². The van der Waals surface area contributed by atoms with Gasteiger partial charge in [0.05, 0.1) is 0 Å². The van der Waals surface area contributed by atoms with E-state index in [2.05, 4.69) is 4.72 Å². The number of nitrogens with one attached hydrogen (secondary N) is 1. The number of carbonyl (C=O) groups is 1. The average molecular weight is 255 g/mol. The summed E-state index contributed by atoms with van der Waals surface area (Å²) in [5, 5.41) is 0. The van der Waals surface area contributed by atoms with E-state index in [0.29, 0.717) is 12.0 Å². The lowest BCUT2D eigenvalue weighted by Crippen LogP contribution is -2.36. The Kier molecular flexibility index (Phi) is 4.84. The van der Waals surface area contributed by atoms with E-state index in [-0.39, 0.29) is 11.8 Å². The molecule has 1 N–H and O–H groups in total. The Labute approximate surface area is 102 Å². The molecule has 0 bridgehead atoms. The summed E-state index contributed by atoms with van der Waals surface area (Å²) >= 11 is 0. The molecule has 0 aromatic heterocycles. The molecule has 0 radical (unpaired) electrons. The van der Waals surface area contributed by atoms with Gasteiger partial charge in [-0.25, -0.2) is 13.1 Å². The van der Waals surface area contributed by atoms with Gasteiger partial charge in [-0.05, 0) is 13.3 Å². The van der Waals surface area contributed by atoms with Crippen LogP contribution in [0, 0.1) is 0 Å². The van der Waals surface area contributed by atoms with E-state index in [1.807, 2.05) is 6.92 Å². The van der Waals surface area contributed by atoms with Gasteiger partial charge >= 0.3 is 0 Å². The average Bonchev–Trinajstić information content (AvgIpc) is 2.28. The highest BCUT2D eigenvalue weighted by Gasteiger charge is 2.19. The van der Waals surface area contributed by atoms with Crippen LogP contribution in [0.2, 0.25) is 0 Å². The minimum atomic E-state index is -3.54. The van der Waals surface area contributed by atoms with E-state index in [0.717, 1.165) is 0 Å². The van der Waals surface area contributed by atoms with Crippen molar-refractivity contribution < 1.29 is 13.2 Å². The van der Waals surface area contributed by atoms with Gasteiger partial charge in [0, 0.05) is 11.6 Å². The van der Waals surface area contributed by atoms with Gasteiger partial charge < -0.3 is 0 Å². The fourth-order valence-corrected chi connectivity index (χ4v) is 2.69. The molecule has 0 aliphatic carbocycles. The molecule has 4 nitrogen and oxygen atoms in total. The van der Waals surface area contributed by atoms with Crippen LogP contribution in [-0.2, 0) is 10.0 Å². The zero-order chi connectivity index (χ0) is 12.9. The smallest absolute Gasteiger partial charge is 0.219 e. The first-order valence-corrected chi connectivity index (χ1v) is 7.18. The molecule has 1 rings (SSSR count). The third-order valence-corrected chi connectivity index (χ3v) is 3.81. The summed E-state index contributed by atoms with van der Waals surface area (Å²) in [6, 6.07) is 8.28. The Morgan fingerprint density at radius 3 is 2.41 bits per heavy atom. The normalized spacial score (nSPS) is 13.3. The quantitative estimate of drug-likeness (QED) is 0.785.